The van der Waals surface area contributed by atoms with Gasteiger partial charge < -0.3 is 21.7 Å². The summed E-state index contributed by atoms with van der Waals surface area (Å²) in [7, 11) is 0. The third-order valence-electron chi connectivity index (χ3n) is 3.86. The molecule has 0 unspecified atom stereocenters. The van der Waals surface area contributed by atoms with E-state index in [1.165, 1.54) is 0 Å². The van der Waals surface area contributed by atoms with Crippen molar-refractivity contribution in [3.8, 4) is 0 Å². The molecule has 0 bridgehead atoms. The SMILES string of the molecule is Cl.Cl.Cl.NCC(=O)N[C@H]1CN[C@H](C(=O)Nc2cnc3ccccc3c2)C1. The first-order chi connectivity index (χ1) is 11.2. The summed E-state index contributed by atoms with van der Waals surface area (Å²) >= 11 is 0. The molecule has 7 nitrogen and oxygen atoms in total. The van der Waals surface area contributed by atoms with Crippen LogP contribution in [0.25, 0.3) is 10.9 Å². The van der Waals surface area contributed by atoms with E-state index in [2.05, 4.69) is 20.9 Å². The minimum Gasteiger partial charge on any atom is -0.351 e. The second-order valence-electron chi connectivity index (χ2n) is 5.57. The molecule has 1 fully saturated rings. The maximum absolute atomic E-state index is 12.3. The molecule has 1 aliphatic rings. The van der Waals surface area contributed by atoms with Crippen molar-refractivity contribution in [2.24, 2.45) is 5.73 Å². The number of carbonyl (C=O) groups excluding carboxylic acids is 2. The summed E-state index contributed by atoms with van der Waals surface area (Å²) in [6.07, 6.45) is 2.18. The van der Waals surface area contributed by atoms with Crippen molar-refractivity contribution in [3.63, 3.8) is 0 Å². The van der Waals surface area contributed by atoms with Crippen molar-refractivity contribution in [1.29, 1.82) is 0 Å². The normalized spacial score (nSPS) is 18.0. The number of hydrogen-bond donors (Lipinski definition) is 4. The zero-order valence-electron chi connectivity index (χ0n) is 13.8. The Morgan fingerprint density at radius 3 is 2.69 bits per heavy atom. The fourth-order valence-corrected chi connectivity index (χ4v) is 2.70. The zero-order chi connectivity index (χ0) is 16.2. The summed E-state index contributed by atoms with van der Waals surface area (Å²) in [6, 6.07) is 9.20. The van der Waals surface area contributed by atoms with Gasteiger partial charge in [0.15, 0.2) is 0 Å². The summed E-state index contributed by atoms with van der Waals surface area (Å²) in [5.41, 5.74) is 6.81. The highest BCUT2D eigenvalue weighted by Crippen LogP contribution is 2.17. The third kappa shape index (κ3) is 5.96. The summed E-state index contributed by atoms with van der Waals surface area (Å²) in [5, 5.41) is 9.72. The van der Waals surface area contributed by atoms with Gasteiger partial charge in [0, 0.05) is 18.0 Å². The van der Waals surface area contributed by atoms with Gasteiger partial charge in [-0.2, -0.15) is 0 Å². The van der Waals surface area contributed by atoms with E-state index in [1.807, 2.05) is 30.3 Å². The van der Waals surface area contributed by atoms with Crippen LogP contribution in [0.3, 0.4) is 0 Å². The number of nitrogens with zero attached hydrogens (tertiary/aromatic N) is 1. The number of aromatic nitrogens is 1. The predicted octanol–water partition coefficient (Wildman–Crippen LogP) is 1.24. The van der Waals surface area contributed by atoms with Gasteiger partial charge >= 0.3 is 0 Å². The van der Waals surface area contributed by atoms with E-state index in [-0.39, 0.29) is 67.7 Å². The Bertz CT molecular complexity index is 747. The highest BCUT2D eigenvalue weighted by Gasteiger charge is 2.30. The van der Waals surface area contributed by atoms with Gasteiger partial charge in [-0.05, 0) is 18.6 Å². The number of nitrogens with one attached hydrogen (secondary N) is 3. The van der Waals surface area contributed by atoms with Gasteiger partial charge in [0.1, 0.15) is 0 Å². The lowest BCUT2D eigenvalue weighted by Gasteiger charge is -2.12. The maximum Gasteiger partial charge on any atom is 0.241 e. The number of carbonyl (C=O) groups is 2. The number of benzene rings is 1. The third-order valence-corrected chi connectivity index (χ3v) is 3.86. The standard InChI is InChI=1S/C16H19N5O2.3ClH/c17-7-15(22)20-12-6-14(19-9-12)16(23)21-11-5-10-3-1-2-4-13(10)18-8-11;;;/h1-5,8,12,14,19H,6-7,9,17H2,(H,20,22)(H,21,23);3*1H/t12-,14+;;;/m1.../s1. The summed E-state index contributed by atoms with van der Waals surface area (Å²) in [4.78, 5) is 27.9. The predicted molar refractivity (Wildman–Crippen MR) is 110 cm³/mol. The monoisotopic (exact) mass is 421 g/mol. The van der Waals surface area contributed by atoms with Gasteiger partial charge in [-0.1, -0.05) is 18.2 Å². The number of amides is 2. The molecule has 3 rings (SSSR count). The molecule has 1 aromatic carbocycles. The van der Waals surface area contributed by atoms with E-state index in [4.69, 9.17) is 5.73 Å². The van der Waals surface area contributed by atoms with Gasteiger partial charge in [0.05, 0.1) is 30.0 Å². The van der Waals surface area contributed by atoms with Gasteiger partial charge in [-0.25, -0.2) is 0 Å². The van der Waals surface area contributed by atoms with E-state index in [0.717, 1.165) is 10.9 Å². The highest BCUT2D eigenvalue weighted by atomic mass is 35.5. The topological polar surface area (TPSA) is 109 Å². The van der Waals surface area contributed by atoms with Crippen molar-refractivity contribution in [2.45, 2.75) is 18.5 Å². The molecule has 1 aromatic heterocycles. The van der Waals surface area contributed by atoms with Gasteiger partial charge in [-0.15, -0.1) is 37.2 Å². The van der Waals surface area contributed by atoms with Crippen LogP contribution in [0.1, 0.15) is 6.42 Å². The second kappa shape index (κ2) is 11.2. The molecule has 2 amide bonds. The highest BCUT2D eigenvalue weighted by molar-refractivity contribution is 5.96. The molecule has 0 spiro atoms. The average Bonchev–Trinajstić information content (AvgIpc) is 3.03. The van der Waals surface area contributed by atoms with Crippen LogP contribution in [0.5, 0.6) is 0 Å². The fraction of sp³-hybridized carbons (Fsp3) is 0.312. The Morgan fingerprint density at radius 1 is 1.23 bits per heavy atom. The van der Waals surface area contributed by atoms with Crippen molar-refractivity contribution < 1.29 is 9.59 Å². The molecule has 144 valence electrons. The van der Waals surface area contributed by atoms with Crippen molar-refractivity contribution in [2.75, 3.05) is 18.4 Å². The van der Waals surface area contributed by atoms with E-state index in [9.17, 15) is 9.59 Å². The summed E-state index contributed by atoms with van der Waals surface area (Å²) < 4.78 is 0. The smallest absolute Gasteiger partial charge is 0.241 e. The molecule has 10 heteroatoms. The maximum atomic E-state index is 12.3. The first-order valence-electron chi connectivity index (χ1n) is 7.54. The van der Waals surface area contributed by atoms with Crippen molar-refractivity contribution in [3.05, 3.63) is 36.5 Å². The summed E-state index contributed by atoms with van der Waals surface area (Å²) in [5.74, 6) is -0.344. The zero-order valence-corrected chi connectivity index (χ0v) is 16.3. The van der Waals surface area contributed by atoms with Crippen LogP contribution in [0.4, 0.5) is 5.69 Å². The van der Waals surface area contributed by atoms with E-state index >= 15 is 0 Å². The van der Waals surface area contributed by atoms with E-state index in [0.29, 0.717) is 18.7 Å². The minimum absolute atomic E-state index is 0. The lowest BCUT2D eigenvalue weighted by molar-refractivity contribution is -0.121. The molecular formula is C16H22Cl3N5O2. The number of hydrogen-bond acceptors (Lipinski definition) is 5. The molecule has 2 aromatic rings. The molecule has 2 heterocycles. The fourth-order valence-electron chi connectivity index (χ4n) is 2.70. The molecule has 0 aliphatic carbocycles. The van der Waals surface area contributed by atoms with Gasteiger partial charge in [0.25, 0.3) is 0 Å². The van der Waals surface area contributed by atoms with E-state index < -0.39 is 0 Å². The number of pyridine rings is 1. The Balaban J connectivity index is 0.00000208. The molecule has 1 aliphatic heterocycles. The van der Waals surface area contributed by atoms with E-state index in [1.54, 1.807) is 6.20 Å². The number of anilines is 1. The lowest BCUT2D eigenvalue weighted by atomic mass is 10.1. The largest absolute Gasteiger partial charge is 0.351 e. The van der Waals surface area contributed by atoms with Crippen LogP contribution in [0, 0.1) is 0 Å². The number of halogens is 3. The molecule has 0 saturated carbocycles. The Labute approximate surface area is 170 Å². The van der Waals surface area contributed by atoms with Crippen LogP contribution >= 0.6 is 37.2 Å². The Kier molecular flexibility index (Phi) is 10.4. The first-order valence-corrected chi connectivity index (χ1v) is 7.54. The van der Waals surface area contributed by atoms with Crippen molar-refractivity contribution in [1.82, 2.24) is 15.6 Å². The number of fused-ring (bicyclic) bond motifs is 1. The molecule has 0 radical (unpaired) electrons. The van der Waals surface area contributed by atoms with Gasteiger partial charge in [-0.3, -0.25) is 14.6 Å². The first kappa shape index (κ1) is 24.4. The summed E-state index contributed by atoms with van der Waals surface area (Å²) in [6.45, 7) is 0.510. The minimum atomic E-state index is -0.343. The van der Waals surface area contributed by atoms with Crippen LogP contribution in [-0.2, 0) is 9.59 Å². The molecule has 1 saturated heterocycles. The molecular weight excluding hydrogens is 401 g/mol. The Morgan fingerprint density at radius 2 is 1.96 bits per heavy atom. The lowest BCUT2D eigenvalue weighted by Crippen LogP contribution is -2.39. The second-order valence-corrected chi connectivity index (χ2v) is 5.57. The van der Waals surface area contributed by atoms with Crippen molar-refractivity contribution >= 4 is 65.6 Å². The van der Waals surface area contributed by atoms with Crippen LogP contribution < -0.4 is 21.7 Å². The average molecular weight is 423 g/mol. The quantitative estimate of drug-likeness (QED) is 0.593. The Hall–Kier alpha value is -1.64. The number of nitrogens with two attached hydrogens (primary N) is 1. The molecule has 5 N–H and O–H groups in total. The number of para-hydroxylation sites is 1. The molecule has 2 atom stereocenters. The van der Waals surface area contributed by atoms with Crippen LogP contribution in [-0.4, -0.2) is 42.0 Å². The van der Waals surface area contributed by atoms with Crippen LogP contribution in [0.15, 0.2) is 36.5 Å². The van der Waals surface area contributed by atoms with Gasteiger partial charge in [0.2, 0.25) is 11.8 Å². The van der Waals surface area contributed by atoms with Crippen LogP contribution in [0.2, 0.25) is 0 Å². The molecule has 26 heavy (non-hydrogen) atoms. The number of rotatable bonds is 4.